The zero-order chi connectivity index (χ0) is 15.9. The molecular weight excluding hydrogens is 317 g/mol. The zero-order valence-corrected chi connectivity index (χ0v) is 12.6. The first-order valence-corrected chi connectivity index (χ1v) is 7.22. The lowest BCUT2D eigenvalue weighted by Gasteiger charge is -2.35. The van der Waals surface area contributed by atoms with E-state index in [1.165, 1.54) is 0 Å². The molecule has 7 heteroatoms. The molecule has 22 heavy (non-hydrogen) atoms. The summed E-state index contributed by atoms with van der Waals surface area (Å²) in [5.41, 5.74) is 2.34. The van der Waals surface area contributed by atoms with Crippen LogP contribution in [0.3, 0.4) is 0 Å². The highest BCUT2D eigenvalue weighted by Crippen LogP contribution is 2.33. The number of alkyl halides is 3. The third-order valence-electron chi connectivity index (χ3n) is 3.75. The second-order valence-electron chi connectivity index (χ2n) is 5.30. The number of aromatic nitrogens is 1. The molecule has 0 amide bonds. The number of benzene rings is 1. The highest BCUT2D eigenvalue weighted by Gasteiger charge is 2.43. The number of nitrogens with zero attached hydrogens (tertiary/aromatic N) is 2. The molecule has 2 heterocycles. The Bertz CT molecular complexity index is 705. The molecule has 0 saturated carbocycles. The summed E-state index contributed by atoms with van der Waals surface area (Å²) in [5, 5.41) is 1.30. The van der Waals surface area contributed by atoms with E-state index < -0.39 is 12.3 Å². The molecule has 3 rings (SSSR count). The van der Waals surface area contributed by atoms with Crippen molar-refractivity contribution in [2.24, 2.45) is 0 Å². The molecule has 0 aliphatic carbocycles. The van der Waals surface area contributed by atoms with Crippen molar-refractivity contribution in [3.8, 4) is 0 Å². The van der Waals surface area contributed by atoms with Gasteiger partial charge in [0.05, 0.1) is 18.7 Å². The van der Waals surface area contributed by atoms with Crippen LogP contribution in [0.5, 0.6) is 0 Å². The van der Waals surface area contributed by atoms with Crippen LogP contribution >= 0.6 is 11.6 Å². The Labute approximate surface area is 130 Å². The molecule has 118 valence electrons. The van der Waals surface area contributed by atoms with Crippen molar-refractivity contribution in [2.45, 2.75) is 19.2 Å². The minimum absolute atomic E-state index is 0.0353. The fourth-order valence-corrected chi connectivity index (χ4v) is 2.99. The lowest BCUT2D eigenvalue weighted by molar-refractivity contribution is -0.221. The fraction of sp³-hybridized carbons (Fsp3) is 0.400. The first-order chi connectivity index (χ1) is 10.4. The van der Waals surface area contributed by atoms with Crippen molar-refractivity contribution in [1.82, 2.24) is 4.98 Å². The van der Waals surface area contributed by atoms with Crippen molar-refractivity contribution in [3.63, 3.8) is 0 Å². The summed E-state index contributed by atoms with van der Waals surface area (Å²) in [7, 11) is 0. The predicted molar refractivity (Wildman–Crippen MR) is 79.5 cm³/mol. The van der Waals surface area contributed by atoms with E-state index in [0.29, 0.717) is 17.3 Å². The minimum atomic E-state index is -4.37. The number of hydrogen-bond acceptors (Lipinski definition) is 3. The second-order valence-corrected chi connectivity index (χ2v) is 5.73. The second kappa shape index (κ2) is 5.59. The number of aryl methyl sites for hydroxylation is 1. The van der Waals surface area contributed by atoms with Gasteiger partial charge in [-0.15, -0.1) is 0 Å². The van der Waals surface area contributed by atoms with Crippen LogP contribution in [0.2, 0.25) is 5.02 Å². The first-order valence-electron chi connectivity index (χ1n) is 6.84. The monoisotopic (exact) mass is 330 g/mol. The largest absolute Gasteiger partial charge is 0.416 e. The molecule has 1 saturated heterocycles. The summed E-state index contributed by atoms with van der Waals surface area (Å²) in [6.45, 7) is 2.09. The van der Waals surface area contributed by atoms with Gasteiger partial charge >= 0.3 is 6.18 Å². The Morgan fingerprint density at radius 2 is 2.14 bits per heavy atom. The van der Waals surface area contributed by atoms with Gasteiger partial charge in [-0.05, 0) is 30.7 Å². The molecular formula is C15H14ClF3N2O. The van der Waals surface area contributed by atoms with Crippen LogP contribution in [0.15, 0.2) is 24.4 Å². The molecule has 3 nitrogen and oxygen atoms in total. The maximum Gasteiger partial charge on any atom is 0.416 e. The Hall–Kier alpha value is -1.53. The molecule has 1 aliphatic rings. The molecule has 1 fully saturated rings. The van der Waals surface area contributed by atoms with Crippen LogP contribution in [0, 0.1) is 6.92 Å². The average Bonchev–Trinajstić information content (AvgIpc) is 2.46. The number of rotatable bonds is 1. The van der Waals surface area contributed by atoms with Crippen molar-refractivity contribution in [1.29, 1.82) is 0 Å². The molecule has 0 N–H and O–H groups in total. The summed E-state index contributed by atoms with van der Waals surface area (Å²) < 4.78 is 43.5. The van der Waals surface area contributed by atoms with E-state index in [9.17, 15) is 13.2 Å². The maximum atomic E-state index is 12.9. The van der Waals surface area contributed by atoms with Gasteiger partial charge < -0.3 is 9.64 Å². The van der Waals surface area contributed by atoms with Crippen LogP contribution in [-0.4, -0.2) is 37.0 Å². The van der Waals surface area contributed by atoms with Crippen LogP contribution in [-0.2, 0) is 4.74 Å². The topological polar surface area (TPSA) is 25.4 Å². The number of anilines is 1. The van der Waals surface area contributed by atoms with Gasteiger partial charge in [-0.3, -0.25) is 4.98 Å². The Morgan fingerprint density at radius 3 is 2.86 bits per heavy atom. The van der Waals surface area contributed by atoms with Gasteiger partial charge in [0.15, 0.2) is 6.10 Å². The molecule has 2 aromatic rings. The summed E-state index contributed by atoms with van der Waals surface area (Å²) in [6.07, 6.45) is -4.53. The number of ether oxygens (including phenoxy) is 1. The Balaban J connectivity index is 2.03. The number of halogens is 4. The molecule has 0 unspecified atom stereocenters. The SMILES string of the molecule is Cc1cc(Cl)cc2c(N3CCO[C@@H](C(F)(F)F)C3)ccnc12. The van der Waals surface area contributed by atoms with Gasteiger partial charge in [0.25, 0.3) is 0 Å². The number of morpholine rings is 1. The number of hydrogen-bond donors (Lipinski definition) is 0. The lowest BCUT2D eigenvalue weighted by Crippen LogP contribution is -2.49. The normalized spacial score (nSPS) is 19.7. The van der Waals surface area contributed by atoms with E-state index in [1.54, 1.807) is 29.3 Å². The smallest absolute Gasteiger partial charge is 0.366 e. The van der Waals surface area contributed by atoms with E-state index in [1.807, 2.05) is 6.92 Å². The highest BCUT2D eigenvalue weighted by atomic mass is 35.5. The third kappa shape index (κ3) is 2.85. The Morgan fingerprint density at radius 1 is 1.36 bits per heavy atom. The van der Waals surface area contributed by atoms with Crippen molar-refractivity contribution in [2.75, 3.05) is 24.6 Å². The molecule has 1 aromatic carbocycles. The van der Waals surface area contributed by atoms with Gasteiger partial charge in [-0.25, -0.2) is 0 Å². The van der Waals surface area contributed by atoms with E-state index in [-0.39, 0.29) is 13.2 Å². The summed E-state index contributed by atoms with van der Waals surface area (Å²) in [4.78, 5) is 5.99. The predicted octanol–water partition coefficient (Wildman–Crippen LogP) is 3.96. The molecule has 0 bridgehead atoms. The quantitative estimate of drug-likeness (QED) is 0.791. The number of pyridine rings is 1. The van der Waals surface area contributed by atoms with E-state index >= 15 is 0 Å². The van der Waals surface area contributed by atoms with Crippen molar-refractivity contribution < 1.29 is 17.9 Å². The standard InChI is InChI=1S/C15H14ClF3N2O/c1-9-6-10(16)7-11-12(2-3-20-14(9)11)21-4-5-22-13(8-21)15(17,18)19/h2-3,6-7,13H,4-5,8H2,1H3/t13-/m1/s1. The van der Waals surface area contributed by atoms with Gasteiger partial charge in [0.2, 0.25) is 0 Å². The summed E-state index contributed by atoms with van der Waals surface area (Å²) >= 11 is 6.09. The van der Waals surface area contributed by atoms with Gasteiger partial charge in [0, 0.05) is 28.8 Å². The van der Waals surface area contributed by atoms with E-state index in [2.05, 4.69) is 4.98 Å². The summed E-state index contributed by atoms with van der Waals surface area (Å²) in [6, 6.07) is 5.25. The zero-order valence-electron chi connectivity index (χ0n) is 11.8. The first kappa shape index (κ1) is 15.4. The number of fused-ring (bicyclic) bond motifs is 1. The van der Waals surface area contributed by atoms with Crippen LogP contribution < -0.4 is 4.90 Å². The maximum absolute atomic E-state index is 12.9. The van der Waals surface area contributed by atoms with Gasteiger partial charge in [0.1, 0.15) is 0 Å². The van der Waals surface area contributed by atoms with Crippen molar-refractivity contribution in [3.05, 3.63) is 35.0 Å². The molecule has 1 atom stereocenters. The van der Waals surface area contributed by atoms with Gasteiger partial charge in [-0.1, -0.05) is 11.6 Å². The summed E-state index contributed by atoms with van der Waals surface area (Å²) in [5.74, 6) is 0. The van der Waals surface area contributed by atoms with Crippen LogP contribution in [0.1, 0.15) is 5.56 Å². The van der Waals surface area contributed by atoms with E-state index in [0.717, 1.165) is 16.5 Å². The molecule has 0 spiro atoms. The van der Waals surface area contributed by atoms with Crippen molar-refractivity contribution >= 4 is 28.2 Å². The fourth-order valence-electron chi connectivity index (χ4n) is 2.72. The van der Waals surface area contributed by atoms with Gasteiger partial charge in [-0.2, -0.15) is 13.2 Å². The lowest BCUT2D eigenvalue weighted by atomic mass is 10.1. The third-order valence-corrected chi connectivity index (χ3v) is 3.97. The van der Waals surface area contributed by atoms with Crippen LogP contribution in [0.4, 0.5) is 18.9 Å². The molecule has 1 aromatic heterocycles. The van der Waals surface area contributed by atoms with Crippen LogP contribution in [0.25, 0.3) is 10.9 Å². The molecule has 1 aliphatic heterocycles. The highest BCUT2D eigenvalue weighted by molar-refractivity contribution is 6.31. The van der Waals surface area contributed by atoms with E-state index in [4.69, 9.17) is 16.3 Å². The molecule has 0 radical (unpaired) electrons. The average molecular weight is 331 g/mol. The Kier molecular flexibility index (Phi) is 3.91. The minimum Gasteiger partial charge on any atom is -0.366 e.